The fraction of sp³-hybridized carbons (Fsp3) is 0.562. The Morgan fingerprint density at radius 2 is 1.94 bits per heavy atom. The largest absolute Gasteiger partial charge is 0.302 e. The minimum Gasteiger partial charge on any atom is -0.302 e. The molecule has 2 nitrogen and oxygen atoms in total. The van der Waals surface area contributed by atoms with Crippen LogP contribution in [-0.4, -0.2) is 30.3 Å². The molecule has 2 heteroatoms. The van der Waals surface area contributed by atoms with Crippen LogP contribution >= 0.6 is 0 Å². The zero-order valence-electron chi connectivity index (χ0n) is 11.2. The number of ketones is 1. The third-order valence-corrected chi connectivity index (χ3v) is 4.82. The number of likely N-dealkylation sites (tertiary alicyclic amines) is 1. The van der Waals surface area contributed by atoms with E-state index in [9.17, 15) is 4.79 Å². The minimum atomic E-state index is 0.191. The van der Waals surface area contributed by atoms with Gasteiger partial charge in [-0.25, -0.2) is 0 Å². The lowest BCUT2D eigenvalue weighted by molar-refractivity contribution is -0.123. The van der Waals surface area contributed by atoms with Crippen LogP contribution in [0.2, 0.25) is 0 Å². The number of rotatable bonds is 2. The van der Waals surface area contributed by atoms with Crippen molar-refractivity contribution in [3.05, 3.63) is 35.9 Å². The Labute approximate surface area is 109 Å². The van der Waals surface area contributed by atoms with Gasteiger partial charge < -0.3 is 4.90 Å². The first-order valence-electron chi connectivity index (χ1n) is 6.92. The molecule has 4 atom stereocenters. The number of benzene rings is 1. The second kappa shape index (κ2) is 4.51. The molecule has 0 amide bonds. The van der Waals surface area contributed by atoms with Crippen molar-refractivity contribution in [2.45, 2.75) is 31.7 Å². The summed E-state index contributed by atoms with van der Waals surface area (Å²) in [4.78, 5) is 14.5. The monoisotopic (exact) mass is 243 g/mol. The molecule has 2 aliphatic rings. The molecule has 0 aromatic heterocycles. The van der Waals surface area contributed by atoms with Crippen LogP contribution in [0.25, 0.3) is 0 Å². The van der Waals surface area contributed by atoms with E-state index in [-0.39, 0.29) is 5.92 Å². The Balaban J connectivity index is 1.96. The van der Waals surface area contributed by atoms with Crippen LogP contribution in [0, 0.1) is 11.8 Å². The molecule has 1 saturated carbocycles. The van der Waals surface area contributed by atoms with Gasteiger partial charge in [-0.3, -0.25) is 4.79 Å². The van der Waals surface area contributed by atoms with Crippen LogP contribution in [-0.2, 0) is 4.79 Å². The number of fused-ring (bicyclic) bond motifs is 2. The lowest BCUT2D eigenvalue weighted by Crippen LogP contribution is -2.40. The molecule has 0 radical (unpaired) electrons. The van der Waals surface area contributed by atoms with Gasteiger partial charge in [0.1, 0.15) is 5.78 Å². The number of carbonyl (C=O) groups is 1. The minimum absolute atomic E-state index is 0.191. The molecule has 0 unspecified atom stereocenters. The predicted octanol–water partition coefficient (Wildman–Crippen LogP) is 2.70. The van der Waals surface area contributed by atoms with Crippen LogP contribution in [0.4, 0.5) is 0 Å². The molecule has 1 aliphatic carbocycles. The lowest BCUT2D eigenvalue weighted by atomic mass is 9.69. The normalized spacial score (nSPS) is 35.7. The van der Waals surface area contributed by atoms with Gasteiger partial charge in [-0.2, -0.15) is 0 Å². The lowest BCUT2D eigenvalue weighted by Gasteiger charge is -2.36. The van der Waals surface area contributed by atoms with Crippen LogP contribution in [0.15, 0.2) is 30.3 Å². The number of hydrogen-bond acceptors (Lipinski definition) is 2. The topological polar surface area (TPSA) is 20.3 Å². The van der Waals surface area contributed by atoms with Crippen molar-refractivity contribution in [1.29, 1.82) is 0 Å². The Morgan fingerprint density at radius 1 is 1.22 bits per heavy atom. The Kier molecular flexibility index (Phi) is 2.98. The van der Waals surface area contributed by atoms with Gasteiger partial charge >= 0.3 is 0 Å². The standard InChI is InChI=1S/C16H21NO/c1-11(18)16-14(13-6-4-3-5-7-13)8-12-9-15(16)17(2)10-12/h3-7,12,14-16H,8-10H2,1-2H3/t12-,14+,15-,16+/m1/s1. The van der Waals surface area contributed by atoms with E-state index in [2.05, 4.69) is 42.3 Å². The van der Waals surface area contributed by atoms with Crippen molar-refractivity contribution in [2.24, 2.45) is 11.8 Å². The summed E-state index contributed by atoms with van der Waals surface area (Å²) >= 11 is 0. The summed E-state index contributed by atoms with van der Waals surface area (Å²) in [6, 6.07) is 11.1. The number of hydrogen-bond donors (Lipinski definition) is 0. The molecule has 3 rings (SSSR count). The molecular formula is C16H21NO. The first kappa shape index (κ1) is 11.9. The molecule has 1 aromatic rings. The molecule has 2 bridgehead atoms. The molecular weight excluding hydrogens is 222 g/mol. The molecule has 18 heavy (non-hydrogen) atoms. The summed E-state index contributed by atoms with van der Waals surface area (Å²) in [5.74, 6) is 1.76. The summed E-state index contributed by atoms with van der Waals surface area (Å²) < 4.78 is 0. The van der Waals surface area contributed by atoms with Crippen molar-refractivity contribution in [3.8, 4) is 0 Å². The van der Waals surface area contributed by atoms with Crippen molar-refractivity contribution < 1.29 is 4.79 Å². The summed E-state index contributed by atoms with van der Waals surface area (Å²) in [5, 5.41) is 0. The zero-order chi connectivity index (χ0) is 12.7. The second-order valence-corrected chi connectivity index (χ2v) is 6.00. The highest BCUT2D eigenvalue weighted by Crippen LogP contribution is 2.46. The van der Waals surface area contributed by atoms with E-state index in [1.807, 2.05) is 0 Å². The average molecular weight is 243 g/mol. The van der Waals surface area contributed by atoms with Gasteiger partial charge in [-0.15, -0.1) is 0 Å². The Morgan fingerprint density at radius 3 is 2.61 bits per heavy atom. The highest BCUT2D eigenvalue weighted by atomic mass is 16.1. The fourth-order valence-corrected chi connectivity index (χ4v) is 4.10. The average Bonchev–Trinajstić information content (AvgIpc) is 2.65. The van der Waals surface area contributed by atoms with Crippen LogP contribution in [0.5, 0.6) is 0 Å². The summed E-state index contributed by atoms with van der Waals surface area (Å²) in [7, 11) is 2.17. The molecule has 96 valence electrons. The first-order valence-corrected chi connectivity index (χ1v) is 6.92. The van der Waals surface area contributed by atoms with E-state index >= 15 is 0 Å². The third kappa shape index (κ3) is 1.89. The van der Waals surface area contributed by atoms with Gasteiger partial charge in [-0.05, 0) is 44.2 Å². The molecule has 1 aliphatic heterocycles. The SMILES string of the molecule is CC(=O)[C@@H]1[C@H]2C[C@@H](C[C@H]1c1ccccc1)CN2C. The van der Waals surface area contributed by atoms with Gasteiger partial charge in [0, 0.05) is 18.5 Å². The van der Waals surface area contributed by atoms with Gasteiger partial charge in [0.2, 0.25) is 0 Å². The molecule has 1 heterocycles. The summed E-state index contributed by atoms with van der Waals surface area (Å²) in [6.45, 7) is 2.94. The smallest absolute Gasteiger partial charge is 0.135 e. The maximum absolute atomic E-state index is 12.1. The highest BCUT2D eigenvalue weighted by molar-refractivity contribution is 5.80. The van der Waals surface area contributed by atoms with E-state index < -0.39 is 0 Å². The van der Waals surface area contributed by atoms with Gasteiger partial charge in [-0.1, -0.05) is 30.3 Å². The molecule has 0 spiro atoms. The predicted molar refractivity (Wildman–Crippen MR) is 72.5 cm³/mol. The van der Waals surface area contributed by atoms with Crippen LogP contribution in [0.1, 0.15) is 31.2 Å². The van der Waals surface area contributed by atoms with E-state index in [1.165, 1.54) is 18.4 Å². The summed E-state index contributed by atoms with van der Waals surface area (Å²) in [6.07, 6.45) is 2.39. The Hall–Kier alpha value is -1.15. The van der Waals surface area contributed by atoms with E-state index in [0.717, 1.165) is 12.5 Å². The maximum atomic E-state index is 12.1. The van der Waals surface area contributed by atoms with Crippen LogP contribution < -0.4 is 0 Å². The first-order chi connectivity index (χ1) is 8.66. The number of Topliss-reactive ketones (excluding diaryl/α,β-unsaturated/α-hetero) is 1. The quantitative estimate of drug-likeness (QED) is 0.796. The van der Waals surface area contributed by atoms with Crippen molar-refractivity contribution in [3.63, 3.8) is 0 Å². The van der Waals surface area contributed by atoms with Crippen molar-refractivity contribution in [1.82, 2.24) is 4.90 Å². The number of nitrogens with zero attached hydrogens (tertiary/aromatic N) is 1. The fourth-order valence-electron chi connectivity index (χ4n) is 4.10. The second-order valence-electron chi connectivity index (χ2n) is 6.00. The molecule has 1 saturated heterocycles. The maximum Gasteiger partial charge on any atom is 0.135 e. The van der Waals surface area contributed by atoms with Crippen LogP contribution in [0.3, 0.4) is 0 Å². The summed E-state index contributed by atoms with van der Waals surface area (Å²) in [5.41, 5.74) is 1.35. The molecule has 0 N–H and O–H groups in total. The van der Waals surface area contributed by atoms with Crippen molar-refractivity contribution >= 4 is 5.78 Å². The van der Waals surface area contributed by atoms with Gasteiger partial charge in [0.25, 0.3) is 0 Å². The van der Waals surface area contributed by atoms with Gasteiger partial charge in [0.15, 0.2) is 0 Å². The van der Waals surface area contributed by atoms with E-state index in [1.54, 1.807) is 6.92 Å². The number of carbonyl (C=O) groups excluding carboxylic acids is 1. The molecule has 1 aromatic carbocycles. The van der Waals surface area contributed by atoms with E-state index in [4.69, 9.17) is 0 Å². The van der Waals surface area contributed by atoms with E-state index in [0.29, 0.717) is 17.7 Å². The Bertz CT molecular complexity index is 442. The van der Waals surface area contributed by atoms with Gasteiger partial charge in [0.05, 0.1) is 0 Å². The third-order valence-electron chi connectivity index (χ3n) is 4.82. The highest BCUT2D eigenvalue weighted by Gasteiger charge is 2.46. The van der Waals surface area contributed by atoms with Crippen molar-refractivity contribution in [2.75, 3.05) is 13.6 Å². The zero-order valence-corrected chi connectivity index (χ0v) is 11.2. The molecule has 2 fully saturated rings.